The fourth-order valence-electron chi connectivity index (χ4n) is 5.22. The molecule has 3 N–H and O–H groups in total. The first kappa shape index (κ1) is 26.0. The van der Waals surface area contributed by atoms with Crippen LogP contribution in [-0.4, -0.2) is 62.6 Å². The summed E-state index contributed by atoms with van der Waals surface area (Å²) in [6.07, 6.45) is 4.49. The van der Waals surface area contributed by atoms with E-state index in [2.05, 4.69) is 31.2 Å². The number of halogens is 4. The number of anilines is 1. The Labute approximate surface area is 216 Å². The third-order valence-corrected chi connectivity index (χ3v) is 7.56. The normalized spacial score (nSPS) is 21.2. The Morgan fingerprint density at radius 3 is 2.54 bits per heavy atom. The topological polar surface area (TPSA) is 94.0 Å². The summed E-state index contributed by atoms with van der Waals surface area (Å²) in [5.41, 5.74) is 6.41. The van der Waals surface area contributed by atoms with Gasteiger partial charge in [-0.05, 0) is 75.5 Å². The van der Waals surface area contributed by atoms with Gasteiger partial charge in [0.15, 0.2) is 11.5 Å². The zero-order valence-electron chi connectivity index (χ0n) is 19.2. The van der Waals surface area contributed by atoms with Crippen molar-refractivity contribution >= 4 is 45.3 Å². The van der Waals surface area contributed by atoms with E-state index in [1.165, 1.54) is 10.9 Å². The summed E-state index contributed by atoms with van der Waals surface area (Å²) in [6.45, 7) is 2.78. The second-order valence-electron chi connectivity index (χ2n) is 9.22. The lowest BCUT2D eigenvalue weighted by atomic mass is 9.93. The smallest absolute Gasteiger partial charge is 0.335 e. The molecule has 8 nitrogen and oxygen atoms in total. The van der Waals surface area contributed by atoms with Crippen LogP contribution in [0.25, 0.3) is 16.9 Å². The second-order valence-corrected chi connectivity index (χ2v) is 10.1. The Bertz CT molecular complexity index is 1230. The number of alkyl halides is 2. The summed E-state index contributed by atoms with van der Waals surface area (Å²) in [4.78, 5) is 23.6. The van der Waals surface area contributed by atoms with Crippen molar-refractivity contribution in [1.29, 1.82) is 0 Å². The second kappa shape index (κ2) is 10.5. The average molecular weight is 573 g/mol. The summed E-state index contributed by atoms with van der Waals surface area (Å²) >= 11 is 3.38. The van der Waals surface area contributed by atoms with E-state index < -0.39 is 17.7 Å². The maximum Gasteiger partial charge on any atom is 0.335 e. The van der Waals surface area contributed by atoms with Gasteiger partial charge < -0.3 is 11.1 Å². The molecule has 12 heteroatoms. The van der Waals surface area contributed by atoms with Crippen LogP contribution >= 0.6 is 28.3 Å². The molecular formula is C23H29BrClF2N7O. The number of nitrogens with zero attached hydrogens (tertiary/aromatic N) is 5. The van der Waals surface area contributed by atoms with Gasteiger partial charge in [0.05, 0.1) is 12.2 Å². The maximum absolute atomic E-state index is 15.5. The van der Waals surface area contributed by atoms with Crippen molar-refractivity contribution in [1.82, 2.24) is 29.3 Å². The highest BCUT2D eigenvalue weighted by Gasteiger charge is 2.47. The molecule has 2 aliphatic rings. The Hall–Kier alpha value is -2.08. The number of nitrogens with one attached hydrogen (secondary N) is 1. The lowest BCUT2D eigenvalue weighted by molar-refractivity contribution is -0.104. The number of benzene rings is 1. The van der Waals surface area contributed by atoms with Crippen LogP contribution in [0, 0.1) is 5.92 Å². The van der Waals surface area contributed by atoms with Crippen molar-refractivity contribution < 1.29 is 8.78 Å². The third-order valence-electron chi connectivity index (χ3n) is 7.03. The van der Waals surface area contributed by atoms with Gasteiger partial charge in [0.2, 0.25) is 0 Å². The standard InChI is InChI=1S/C23H28BrF2N7O.ClH/c24-16-1-3-17(4-2-16)32-19-20(27)29-14-30-21(19)33(22(32)34)18-8-12-31(13-23(18,25)26)11-7-15-5-9-28-10-6-15;/h1-4,14-15,18,28H,5-13H2,(H2,27,29,30);1H/t18-;/m1./s1. The van der Waals surface area contributed by atoms with E-state index in [0.717, 1.165) is 41.4 Å². The molecule has 0 unspecified atom stereocenters. The number of hydrogen-bond acceptors (Lipinski definition) is 6. The summed E-state index contributed by atoms with van der Waals surface area (Å²) < 4.78 is 34.4. The minimum absolute atomic E-state index is 0. The van der Waals surface area contributed by atoms with E-state index in [-0.39, 0.29) is 42.4 Å². The number of likely N-dealkylation sites (tertiary alicyclic amines) is 1. The molecule has 1 aromatic carbocycles. The van der Waals surface area contributed by atoms with Gasteiger partial charge in [-0.1, -0.05) is 15.9 Å². The van der Waals surface area contributed by atoms with E-state index in [1.54, 1.807) is 24.3 Å². The van der Waals surface area contributed by atoms with Crippen molar-refractivity contribution in [3.8, 4) is 5.69 Å². The summed E-state index contributed by atoms with van der Waals surface area (Å²) in [7, 11) is 0. The van der Waals surface area contributed by atoms with Gasteiger partial charge in [-0.3, -0.25) is 14.0 Å². The molecule has 2 fully saturated rings. The van der Waals surface area contributed by atoms with Crippen molar-refractivity contribution in [2.75, 3.05) is 38.5 Å². The summed E-state index contributed by atoms with van der Waals surface area (Å²) in [5, 5.41) is 3.34. The minimum atomic E-state index is -3.09. The number of hydrogen-bond donors (Lipinski definition) is 2. The highest BCUT2D eigenvalue weighted by atomic mass is 79.9. The highest BCUT2D eigenvalue weighted by molar-refractivity contribution is 9.10. The van der Waals surface area contributed by atoms with E-state index in [1.807, 2.05) is 4.90 Å². The Kier molecular flexibility index (Phi) is 7.80. The SMILES string of the molecule is Cl.Nc1ncnc2c1n(-c1ccc(Br)cc1)c(=O)n2[C@@H]1CCN(CCC2CCNCC2)CC1(F)F. The molecule has 3 aromatic rings. The van der Waals surface area contributed by atoms with E-state index in [0.29, 0.717) is 24.7 Å². The van der Waals surface area contributed by atoms with Crippen LogP contribution in [0.4, 0.5) is 14.6 Å². The number of fused-ring (bicyclic) bond motifs is 1. The molecule has 4 heterocycles. The predicted molar refractivity (Wildman–Crippen MR) is 138 cm³/mol. The molecule has 2 saturated heterocycles. The van der Waals surface area contributed by atoms with Crippen LogP contribution < -0.4 is 16.7 Å². The van der Waals surface area contributed by atoms with E-state index in [4.69, 9.17) is 5.73 Å². The van der Waals surface area contributed by atoms with Crippen molar-refractivity contribution in [3.05, 3.63) is 45.5 Å². The van der Waals surface area contributed by atoms with Crippen molar-refractivity contribution in [2.45, 2.75) is 37.6 Å². The van der Waals surface area contributed by atoms with Crippen LogP contribution in [0.5, 0.6) is 0 Å². The molecule has 35 heavy (non-hydrogen) atoms. The van der Waals surface area contributed by atoms with Crippen LogP contribution in [0.1, 0.15) is 31.7 Å². The lowest BCUT2D eigenvalue weighted by Gasteiger charge is -2.39. The summed E-state index contributed by atoms with van der Waals surface area (Å²) in [5.74, 6) is -2.43. The Balaban J connectivity index is 0.00000289. The molecule has 2 aliphatic heterocycles. The number of piperidine rings is 2. The highest BCUT2D eigenvalue weighted by Crippen LogP contribution is 2.38. The zero-order chi connectivity index (χ0) is 23.9. The van der Waals surface area contributed by atoms with E-state index >= 15 is 8.78 Å². The summed E-state index contributed by atoms with van der Waals surface area (Å²) in [6, 6.07) is 5.71. The Morgan fingerprint density at radius 2 is 1.86 bits per heavy atom. The Morgan fingerprint density at radius 1 is 1.14 bits per heavy atom. The van der Waals surface area contributed by atoms with Crippen LogP contribution in [0.2, 0.25) is 0 Å². The molecule has 5 rings (SSSR count). The number of rotatable bonds is 5. The van der Waals surface area contributed by atoms with Gasteiger partial charge in [0.1, 0.15) is 17.9 Å². The van der Waals surface area contributed by atoms with Crippen LogP contribution in [-0.2, 0) is 0 Å². The van der Waals surface area contributed by atoms with Crippen LogP contribution in [0.3, 0.4) is 0 Å². The average Bonchev–Trinajstić information content (AvgIpc) is 3.11. The first-order chi connectivity index (χ1) is 16.3. The fraction of sp³-hybridized carbons (Fsp3) is 0.522. The molecule has 1 atom stereocenters. The molecule has 2 aromatic heterocycles. The molecule has 190 valence electrons. The van der Waals surface area contributed by atoms with Crippen LogP contribution in [0.15, 0.2) is 39.9 Å². The van der Waals surface area contributed by atoms with Gasteiger partial charge in [0.25, 0.3) is 5.92 Å². The van der Waals surface area contributed by atoms with Gasteiger partial charge in [0, 0.05) is 11.0 Å². The van der Waals surface area contributed by atoms with Crippen molar-refractivity contribution in [2.24, 2.45) is 5.92 Å². The fourth-order valence-corrected chi connectivity index (χ4v) is 5.49. The zero-order valence-corrected chi connectivity index (χ0v) is 21.6. The third kappa shape index (κ3) is 5.09. The minimum Gasteiger partial charge on any atom is -0.382 e. The number of nitrogens with two attached hydrogens (primary N) is 1. The number of aromatic nitrogens is 4. The molecule has 0 spiro atoms. The molecular weight excluding hydrogens is 544 g/mol. The predicted octanol–water partition coefficient (Wildman–Crippen LogP) is 3.62. The lowest BCUT2D eigenvalue weighted by Crippen LogP contribution is -2.51. The first-order valence-corrected chi connectivity index (χ1v) is 12.4. The van der Waals surface area contributed by atoms with Gasteiger partial charge in [-0.15, -0.1) is 12.4 Å². The van der Waals surface area contributed by atoms with Gasteiger partial charge in [-0.25, -0.2) is 23.5 Å². The number of nitrogen functional groups attached to an aromatic ring is 1. The molecule has 0 radical (unpaired) electrons. The molecule has 0 bridgehead atoms. The quantitative estimate of drug-likeness (QED) is 0.485. The van der Waals surface area contributed by atoms with Crippen molar-refractivity contribution in [3.63, 3.8) is 0 Å². The first-order valence-electron chi connectivity index (χ1n) is 11.7. The van der Waals surface area contributed by atoms with Gasteiger partial charge >= 0.3 is 5.69 Å². The van der Waals surface area contributed by atoms with E-state index in [9.17, 15) is 4.79 Å². The molecule has 0 amide bonds. The maximum atomic E-state index is 15.5. The van der Waals surface area contributed by atoms with Gasteiger partial charge in [-0.2, -0.15) is 0 Å². The number of imidazole rings is 1. The monoisotopic (exact) mass is 571 g/mol. The largest absolute Gasteiger partial charge is 0.382 e. The molecule has 0 saturated carbocycles. The molecule has 0 aliphatic carbocycles.